The largest absolute Gasteiger partial charge is 0.389 e. The van der Waals surface area contributed by atoms with Crippen molar-refractivity contribution in [1.29, 1.82) is 0 Å². The van der Waals surface area contributed by atoms with Crippen LogP contribution in [0.25, 0.3) is 0 Å². The monoisotopic (exact) mass is 368 g/mol. The topological polar surface area (TPSA) is 38.0 Å². The summed E-state index contributed by atoms with van der Waals surface area (Å²) in [5.74, 6) is 0. The van der Waals surface area contributed by atoms with Crippen LogP contribution < -0.4 is 11.1 Å². The Hall–Kier alpha value is -1.10. The standard InChI is InChI=1S/C15H14BrClN2S/c1-8-5-10(16)6-9(2)14(8)19-13-4-3-11(17)7-12(13)15(18)20/h3-7,19H,1-2H3,(H2,18,20). The number of anilines is 2. The molecular formula is C15H14BrClN2S. The first-order valence-corrected chi connectivity index (χ1v) is 7.59. The molecule has 0 aliphatic rings. The summed E-state index contributed by atoms with van der Waals surface area (Å²) >= 11 is 14.6. The average molecular weight is 370 g/mol. The fourth-order valence-electron chi connectivity index (χ4n) is 2.07. The fraction of sp³-hybridized carbons (Fsp3) is 0.133. The molecular weight excluding hydrogens is 356 g/mol. The summed E-state index contributed by atoms with van der Waals surface area (Å²) in [4.78, 5) is 0.322. The number of benzene rings is 2. The summed E-state index contributed by atoms with van der Waals surface area (Å²) in [6.07, 6.45) is 0. The van der Waals surface area contributed by atoms with Gasteiger partial charge in [-0.25, -0.2) is 0 Å². The predicted molar refractivity (Wildman–Crippen MR) is 94.2 cm³/mol. The predicted octanol–water partition coefficient (Wildman–Crippen LogP) is 5.10. The molecule has 20 heavy (non-hydrogen) atoms. The van der Waals surface area contributed by atoms with E-state index in [0.717, 1.165) is 32.5 Å². The Balaban J connectivity index is 2.48. The Bertz CT molecular complexity index is 663. The minimum Gasteiger partial charge on any atom is -0.389 e. The molecule has 0 atom stereocenters. The Morgan fingerprint density at radius 3 is 2.35 bits per heavy atom. The van der Waals surface area contributed by atoms with Gasteiger partial charge in [0, 0.05) is 26.4 Å². The van der Waals surface area contributed by atoms with Crippen molar-refractivity contribution in [2.45, 2.75) is 13.8 Å². The zero-order valence-electron chi connectivity index (χ0n) is 11.1. The molecule has 0 heterocycles. The second-order valence-electron chi connectivity index (χ2n) is 4.59. The SMILES string of the molecule is Cc1cc(Br)cc(C)c1Nc1ccc(Cl)cc1C(N)=S. The molecule has 0 fully saturated rings. The van der Waals surface area contributed by atoms with E-state index in [9.17, 15) is 0 Å². The number of nitrogens with one attached hydrogen (secondary N) is 1. The van der Waals surface area contributed by atoms with Crippen molar-refractivity contribution in [1.82, 2.24) is 0 Å². The van der Waals surface area contributed by atoms with Crippen LogP contribution >= 0.6 is 39.7 Å². The highest BCUT2D eigenvalue weighted by Crippen LogP contribution is 2.30. The van der Waals surface area contributed by atoms with Crippen molar-refractivity contribution in [2.75, 3.05) is 5.32 Å². The lowest BCUT2D eigenvalue weighted by Gasteiger charge is -2.16. The quantitative estimate of drug-likeness (QED) is 0.739. The van der Waals surface area contributed by atoms with Crippen molar-refractivity contribution < 1.29 is 0 Å². The maximum Gasteiger partial charge on any atom is 0.106 e. The summed E-state index contributed by atoms with van der Waals surface area (Å²) in [6, 6.07) is 9.60. The van der Waals surface area contributed by atoms with E-state index in [1.165, 1.54) is 0 Å². The number of rotatable bonds is 3. The lowest BCUT2D eigenvalue weighted by Crippen LogP contribution is -2.12. The Morgan fingerprint density at radius 2 is 1.80 bits per heavy atom. The van der Waals surface area contributed by atoms with Gasteiger partial charge in [-0.15, -0.1) is 0 Å². The van der Waals surface area contributed by atoms with Gasteiger partial charge in [0.1, 0.15) is 4.99 Å². The van der Waals surface area contributed by atoms with Crippen LogP contribution in [-0.2, 0) is 0 Å². The van der Waals surface area contributed by atoms with Crippen molar-refractivity contribution >= 4 is 56.1 Å². The molecule has 0 radical (unpaired) electrons. The third kappa shape index (κ3) is 3.32. The Kier molecular flexibility index (Phi) is 4.68. The van der Waals surface area contributed by atoms with E-state index in [1.54, 1.807) is 6.07 Å². The van der Waals surface area contributed by atoms with E-state index in [2.05, 4.69) is 47.2 Å². The fourth-order valence-corrected chi connectivity index (χ4v) is 3.10. The molecule has 0 bridgehead atoms. The smallest absolute Gasteiger partial charge is 0.106 e. The highest BCUT2D eigenvalue weighted by Gasteiger charge is 2.10. The minimum absolute atomic E-state index is 0.322. The van der Waals surface area contributed by atoms with Gasteiger partial charge in [0.15, 0.2) is 0 Å². The van der Waals surface area contributed by atoms with Crippen LogP contribution in [0.1, 0.15) is 16.7 Å². The van der Waals surface area contributed by atoms with Gasteiger partial charge in [-0.1, -0.05) is 39.7 Å². The molecule has 3 N–H and O–H groups in total. The van der Waals surface area contributed by atoms with Gasteiger partial charge < -0.3 is 11.1 Å². The van der Waals surface area contributed by atoms with Gasteiger partial charge in [-0.05, 0) is 55.3 Å². The van der Waals surface area contributed by atoms with Crippen molar-refractivity contribution in [2.24, 2.45) is 5.73 Å². The van der Waals surface area contributed by atoms with Crippen LogP contribution in [0.2, 0.25) is 5.02 Å². The molecule has 0 aromatic heterocycles. The van der Waals surface area contributed by atoms with Crippen LogP contribution in [-0.4, -0.2) is 4.99 Å². The molecule has 2 rings (SSSR count). The second-order valence-corrected chi connectivity index (χ2v) is 6.39. The number of thiocarbonyl (C=S) groups is 1. The van der Waals surface area contributed by atoms with Gasteiger partial charge in [0.05, 0.1) is 0 Å². The maximum absolute atomic E-state index is 6.00. The van der Waals surface area contributed by atoms with E-state index in [-0.39, 0.29) is 0 Å². The molecule has 0 aliphatic heterocycles. The molecule has 0 unspecified atom stereocenters. The average Bonchev–Trinajstić information content (AvgIpc) is 2.34. The van der Waals surface area contributed by atoms with Crippen molar-refractivity contribution in [3.05, 3.63) is 56.5 Å². The van der Waals surface area contributed by atoms with Crippen LogP contribution in [0.15, 0.2) is 34.8 Å². The first kappa shape index (κ1) is 15.3. The van der Waals surface area contributed by atoms with E-state index in [0.29, 0.717) is 10.0 Å². The first-order valence-electron chi connectivity index (χ1n) is 6.01. The van der Waals surface area contributed by atoms with E-state index < -0.39 is 0 Å². The molecule has 2 nitrogen and oxygen atoms in total. The number of hydrogen-bond donors (Lipinski definition) is 2. The third-order valence-corrected chi connectivity index (χ3v) is 3.92. The second kappa shape index (κ2) is 6.12. The van der Waals surface area contributed by atoms with Gasteiger partial charge in [0.2, 0.25) is 0 Å². The van der Waals surface area contributed by atoms with Gasteiger partial charge in [-0.2, -0.15) is 0 Å². The highest BCUT2D eigenvalue weighted by molar-refractivity contribution is 9.10. The molecule has 0 amide bonds. The minimum atomic E-state index is 0.322. The maximum atomic E-state index is 6.00. The van der Waals surface area contributed by atoms with E-state index in [4.69, 9.17) is 29.6 Å². The molecule has 0 saturated carbocycles. The molecule has 104 valence electrons. The lowest BCUT2D eigenvalue weighted by atomic mass is 10.1. The van der Waals surface area contributed by atoms with Gasteiger partial charge in [0.25, 0.3) is 0 Å². The number of halogens is 2. The normalized spacial score (nSPS) is 10.4. The summed E-state index contributed by atoms with van der Waals surface area (Å²) < 4.78 is 1.06. The number of nitrogens with two attached hydrogens (primary N) is 1. The molecule has 0 spiro atoms. The van der Waals surface area contributed by atoms with Crippen molar-refractivity contribution in [3.8, 4) is 0 Å². The zero-order chi connectivity index (χ0) is 14.9. The molecule has 2 aromatic carbocycles. The van der Waals surface area contributed by atoms with Crippen LogP contribution in [0.3, 0.4) is 0 Å². The van der Waals surface area contributed by atoms with Crippen molar-refractivity contribution in [3.63, 3.8) is 0 Å². The Morgan fingerprint density at radius 1 is 1.20 bits per heavy atom. The Labute approximate surface area is 137 Å². The van der Waals surface area contributed by atoms with E-state index in [1.807, 2.05) is 12.1 Å². The number of hydrogen-bond acceptors (Lipinski definition) is 2. The van der Waals surface area contributed by atoms with E-state index >= 15 is 0 Å². The summed E-state index contributed by atoms with van der Waals surface area (Å²) in [6.45, 7) is 4.10. The molecule has 0 saturated heterocycles. The lowest BCUT2D eigenvalue weighted by molar-refractivity contribution is 1.34. The summed E-state index contributed by atoms with van der Waals surface area (Å²) in [7, 11) is 0. The van der Waals surface area contributed by atoms with Crippen LogP contribution in [0.5, 0.6) is 0 Å². The summed E-state index contributed by atoms with van der Waals surface area (Å²) in [5.41, 5.74) is 10.7. The highest BCUT2D eigenvalue weighted by atomic mass is 79.9. The zero-order valence-corrected chi connectivity index (χ0v) is 14.3. The molecule has 0 aliphatic carbocycles. The first-order chi connectivity index (χ1) is 9.38. The van der Waals surface area contributed by atoms with Crippen LogP contribution in [0, 0.1) is 13.8 Å². The molecule has 5 heteroatoms. The summed E-state index contributed by atoms with van der Waals surface area (Å²) in [5, 5.41) is 4.01. The third-order valence-electron chi connectivity index (χ3n) is 3.00. The van der Waals surface area contributed by atoms with Crippen LogP contribution in [0.4, 0.5) is 11.4 Å². The number of aryl methyl sites for hydroxylation is 2. The van der Waals surface area contributed by atoms with Gasteiger partial charge >= 0.3 is 0 Å². The van der Waals surface area contributed by atoms with Gasteiger partial charge in [-0.3, -0.25) is 0 Å². The molecule has 2 aromatic rings.